The molecule has 1 saturated heterocycles. The third-order valence-electron chi connectivity index (χ3n) is 5.00. The van der Waals surface area contributed by atoms with Crippen LogP contribution in [0.25, 0.3) is 5.69 Å². The minimum Gasteiger partial charge on any atom is -0.507 e. The van der Waals surface area contributed by atoms with Crippen LogP contribution in [0.3, 0.4) is 0 Å². The predicted octanol–water partition coefficient (Wildman–Crippen LogP) is 3.74. The minimum absolute atomic E-state index is 0.187. The van der Waals surface area contributed by atoms with E-state index < -0.39 is 0 Å². The molecule has 0 atom stereocenters. The van der Waals surface area contributed by atoms with E-state index in [1.54, 1.807) is 18.6 Å². The van der Waals surface area contributed by atoms with Crippen molar-refractivity contribution in [2.45, 2.75) is 40.0 Å². The van der Waals surface area contributed by atoms with Gasteiger partial charge in [-0.15, -0.1) is 10.2 Å². The van der Waals surface area contributed by atoms with Gasteiger partial charge in [-0.05, 0) is 24.6 Å². The molecular formula is C23H32N6O. The molecule has 0 radical (unpaired) electrons. The lowest BCUT2D eigenvalue weighted by Crippen LogP contribution is -2.46. The van der Waals surface area contributed by atoms with Crippen LogP contribution in [-0.4, -0.2) is 57.3 Å². The molecule has 0 amide bonds. The van der Waals surface area contributed by atoms with E-state index >= 15 is 0 Å². The van der Waals surface area contributed by atoms with Crippen molar-refractivity contribution in [3.63, 3.8) is 0 Å². The second-order valence-electron chi connectivity index (χ2n) is 7.45. The second kappa shape index (κ2) is 10.7. The van der Waals surface area contributed by atoms with Crippen molar-refractivity contribution in [3.8, 4) is 11.4 Å². The monoisotopic (exact) mass is 408 g/mol. The number of amidine groups is 1. The summed E-state index contributed by atoms with van der Waals surface area (Å²) in [6.07, 6.45) is 10.3. The number of nitrogens with one attached hydrogen (secondary N) is 1. The topological polar surface area (TPSA) is 78.0 Å². The molecule has 2 N–H and O–H groups in total. The molecule has 160 valence electrons. The SMILES string of the molecule is CCC.CCC1=CC(c2ccc(-n3ccnc3)cc2O)=NN=C(N2CCNCC2)C1. The van der Waals surface area contributed by atoms with Crippen LogP contribution in [0, 0.1) is 0 Å². The Morgan fingerprint density at radius 2 is 1.87 bits per heavy atom. The van der Waals surface area contributed by atoms with Crippen molar-refractivity contribution in [1.82, 2.24) is 19.8 Å². The van der Waals surface area contributed by atoms with Crippen molar-refractivity contribution < 1.29 is 5.11 Å². The van der Waals surface area contributed by atoms with Crippen molar-refractivity contribution in [2.24, 2.45) is 10.2 Å². The Kier molecular flexibility index (Phi) is 7.79. The summed E-state index contributed by atoms with van der Waals surface area (Å²) >= 11 is 0. The van der Waals surface area contributed by atoms with Crippen LogP contribution in [0.1, 0.15) is 45.6 Å². The molecule has 0 aliphatic carbocycles. The molecule has 4 rings (SSSR count). The van der Waals surface area contributed by atoms with Crippen LogP contribution < -0.4 is 5.32 Å². The molecule has 2 aliphatic rings. The Morgan fingerprint density at radius 1 is 1.10 bits per heavy atom. The highest BCUT2D eigenvalue weighted by Crippen LogP contribution is 2.25. The first-order chi connectivity index (χ1) is 14.7. The van der Waals surface area contributed by atoms with E-state index in [2.05, 4.69) is 52.3 Å². The number of phenols is 1. The fourth-order valence-corrected chi connectivity index (χ4v) is 3.39. The fourth-order valence-electron chi connectivity index (χ4n) is 3.39. The van der Waals surface area contributed by atoms with Gasteiger partial charge >= 0.3 is 0 Å². The zero-order chi connectivity index (χ0) is 21.3. The lowest BCUT2D eigenvalue weighted by Gasteiger charge is -2.29. The molecule has 7 heteroatoms. The van der Waals surface area contributed by atoms with Gasteiger partial charge in [0.25, 0.3) is 0 Å². The summed E-state index contributed by atoms with van der Waals surface area (Å²) in [6.45, 7) is 10.2. The summed E-state index contributed by atoms with van der Waals surface area (Å²) in [5.41, 5.74) is 3.51. The normalized spacial score (nSPS) is 16.6. The number of hydrogen-bond acceptors (Lipinski definition) is 6. The third-order valence-corrected chi connectivity index (χ3v) is 5.00. The highest BCUT2D eigenvalue weighted by atomic mass is 16.3. The summed E-state index contributed by atoms with van der Waals surface area (Å²) in [4.78, 5) is 6.35. The zero-order valence-electron chi connectivity index (χ0n) is 18.2. The van der Waals surface area contributed by atoms with E-state index in [0.29, 0.717) is 11.3 Å². The molecule has 1 fully saturated rings. The molecule has 1 aromatic heterocycles. The van der Waals surface area contributed by atoms with Crippen LogP contribution in [0.15, 0.2) is 58.8 Å². The third kappa shape index (κ3) is 5.36. The zero-order valence-corrected chi connectivity index (χ0v) is 18.2. The molecule has 3 heterocycles. The summed E-state index contributed by atoms with van der Waals surface area (Å²) in [7, 11) is 0. The van der Waals surface area contributed by atoms with Gasteiger partial charge in [0.1, 0.15) is 11.6 Å². The molecule has 0 bridgehead atoms. The standard InChI is InChI=1S/C20H24N6O.C3H8/c1-2-15-11-18(23-24-20(12-15)25-8-5-21-6-9-25)17-4-3-16(13-19(17)27)26-10-7-22-14-26;1-3-2/h3-4,7,10-11,13-14,21,27H,2,5-6,8-9,12H2,1H3;3H2,1-2H3. The number of imidazole rings is 1. The molecule has 7 nitrogen and oxygen atoms in total. The van der Waals surface area contributed by atoms with Gasteiger partial charge in [0.2, 0.25) is 0 Å². The Balaban J connectivity index is 0.000000806. The number of nitrogens with zero attached hydrogens (tertiary/aromatic N) is 5. The Morgan fingerprint density at radius 3 is 2.50 bits per heavy atom. The predicted molar refractivity (Wildman–Crippen MR) is 123 cm³/mol. The quantitative estimate of drug-likeness (QED) is 0.811. The van der Waals surface area contributed by atoms with Crippen molar-refractivity contribution >= 4 is 11.5 Å². The summed E-state index contributed by atoms with van der Waals surface area (Å²) in [5, 5.41) is 23.0. The molecule has 0 spiro atoms. The molecule has 30 heavy (non-hydrogen) atoms. The fraction of sp³-hybridized carbons (Fsp3) is 0.435. The number of benzene rings is 1. The van der Waals surface area contributed by atoms with E-state index in [1.165, 1.54) is 12.0 Å². The Hall–Kier alpha value is -2.93. The highest BCUT2D eigenvalue weighted by molar-refractivity contribution is 6.12. The smallest absolute Gasteiger partial charge is 0.131 e. The van der Waals surface area contributed by atoms with Gasteiger partial charge in [-0.2, -0.15) is 0 Å². The Labute approximate surface area is 178 Å². The molecule has 2 aliphatic heterocycles. The van der Waals surface area contributed by atoms with E-state index in [4.69, 9.17) is 0 Å². The van der Waals surface area contributed by atoms with Crippen molar-refractivity contribution in [3.05, 3.63) is 54.1 Å². The van der Waals surface area contributed by atoms with Crippen LogP contribution in [0.5, 0.6) is 5.75 Å². The molecule has 2 aromatic rings. The summed E-state index contributed by atoms with van der Waals surface area (Å²) in [6, 6.07) is 5.56. The van der Waals surface area contributed by atoms with Crippen molar-refractivity contribution in [1.29, 1.82) is 0 Å². The molecule has 0 saturated carbocycles. The minimum atomic E-state index is 0.187. The summed E-state index contributed by atoms with van der Waals surface area (Å²) < 4.78 is 1.85. The Bertz CT molecular complexity index is 908. The van der Waals surface area contributed by atoms with Gasteiger partial charge in [-0.25, -0.2) is 4.98 Å². The number of phenolic OH excluding ortho intramolecular Hbond substituents is 1. The van der Waals surface area contributed by atoms with E-state index in [-0.39, 0.29) is 5.75 Å². The largest absolute Gasteiger partial charge is 0.507 e. The summed E-state index contributed by atoms with van der Waals surface area (Å²) in [5.74, 6) is 1.20. The number of piperazine rings is 1. The average Bonchev–Trinajstić information content (AvgIpc) is 3.22. The lowest BCUT2D eigenvalue weighted by atomic mass is 10.0. The number of aromatic nitrogens is 2. The first-order valence-electron chi connectivity index (χ1n) is 10.8. The highest BCUT2D eigenvalue weighted by Gasteiger charge is 2.19. The van der Waals surface area contributed by atoms with Gasteiger partial charge < -0.3 is 19.9 Å². The maximum atomic E-state index is 10.6. The van der Waals surface area contributed by atoms with E-state index in [1.807, 2.05) is 22.9 Å². The number of hydrogen-bond donors (Lipinski definition) is 2. The maximum Gasteiger partial charge on any atom is 0.131 e. The first kappa shape index (κ1) is 21.8. The van der Waals surface area contributed by atoms with Crippen LogP contribution in [0.4, 0.5) is 0 Å². The van der Waals surface area contributed by atoms with Crippen LogP contribution >= 0.6 is 0 Å². The van der Waals surface area contributed by atoms with E-state index in [0.717, 1.165) is 50.5 Å². The van der Waals surface area contributed by atoms with E-state index in [9.17, 15) is 5.11 Å². The molecule has 0 unspecified atom stereocenters. The number of allylic oxidation sites excluding steroid dienone is 1. The average molecular weight is 409 g/mol. The number of aromatic hydroxyl groups is 1. The number of rotatable bonds is 3. The van der Waals surface area contributed by atoms with Gasteiger partial charge in [0.05, 0.1) is 17.7 Å². The maximum absolute atomic E-state index is 10.6. The lowest BCUT2D eigenvalue weighted by molar-refractivity contribution is 0.352. The van der Waals surface area contributed by atoms with Crippen LogP contribution in [-0.2, 0) is 0 Å². The van der Waals surface area contributed by atoms with Crippen molar-refractivity contribution in [2.75, 3.05) is 26.2 Å². The second-order valence-corrected chi connectivity index (χ2v) is 7.45. The van der Waals surface area contributed by atoms with Crippen LogP contribution in [0.2, 0.25) is 0 Å². The first-order valence-corrected chi connectivity index (χ1v) is 10.8. The molecular weight excluding hydrogens is 376 g/mol. The van der Waals surface area contributed by atoms with Gasteiger partial charge in [0, 0.05) is 56.6 Å². The van der Waals surface area contributed by atoms with Gasteiger partial charge in [-0.1, -0.05) is 32.8 Å². The molecule has 1 aromatic carbocycles. The van der Waals surface area contributed by atoms with Gasteiger partial charge in [-0.3, -0.25) is 0 Å². The van der Waals surface area contributed by atoms with Gasteiger partial charge in [0.15, 0.2) is 0 Å².